The van der Waals surface area contributed by atoms with E-state index in [1.54, 1.807) is 0 Å². The molecule has 90 valence electrons. The van der Waals surface area contributed by atoms with Crippen molar-refractivity contribution in [1.29, 1.82) is 0 Å². The van der Waals surface area contributed by atoms with Crippen LogP contribution < -0.4 is 5.32 Å². The third kappa shape index (κ3) is 2.94. The summed E-state index contributed by atoms with van der Waals surface area (Å²) in [6, 6.07) is 8.67. The van der Waals surface area contributed by atoms with E-state index in [4.69, 9.17) is 0 Å². The molecular weight excluding hydrogens is 210 g/mol. The van der Waals surface area contributed by atoms with Crippen LogP contribution in [-0.2, 0) is 19.5 Å². The fourth-order valence-electron chi connectivity index (χ4n) is 2.04. The smallest absolute Gasteiger partial charge is 0.108 e. The third-order valence-corrected chi connectivity index (χ3v) is 2.84. The van der Waals surface area contributed by atoms with Crippen LogP contribution in [0.4, 0.5) is 0 Å². The van der Waals surface area contributed by atoms with Crippen molar-refractivity contribution < 1.29 is 0 Å². The van der Waals surface area contributed by atoms with Crippen LogP contribution in [0, 0.1) is 0 Å². The number of aromatic nitrogens is 2. The van der Waals surface area contributed by atoms with E-state index in [0.29, 0.717) is 0 Å². The van der Waals surface area contributed by atoms with Gasteiger partial charge in [0.15, 0.2) is 0 Å². The predicted molar refractivity (Wildman–Crippen MR) is 69.9 cm³/mol. The highest BCUT2D eigenvalue weighted by Gasteiger charge is 2.01. The molecule has 1 aromatic heterocycles. The van der Waals surface area contributed by atoms with Crippen molar-refractivity contribution in [2.24, 2.45) is 0 Å². The molecule has 1 aromatic carbocycles. The van der Waals surface area contributed by atoms with Crippen LogP contribution in [-0.4, -0.2) is 16.6 Å². The van der Waals surface area contributed by atoms with Gasteiger partial charge in [-0.15, -0.1) is 0 Å². The molecule has 1 heterocycles. The number of imidazole rings is 1. The zero-order chi connectivity index (χ0) is 12.1. The summed E-state index contributed by atoms with van der Waals surface area (Å²) in [4.78, 5) is 4.34. The van der Waals surface area contributed by atoms with Gasteiger partial charge in [0.1, 0.15) is 5.82 Å². The quantitative estimate of drug-likeness (QED) is 0.852. The molecule has 1 N–H and O–H groups in total. The first kappa shape index (κ1) is 11.9. The first-order valence-electron chi connectivity index (χ1n) is 6.06. The summed E-state index contributed by atoms with van der Waals surface area (Å²) in [5.41, 5.74) is 2.65. The van der Waals surface area contributed by atoms with Crippen LogP contribution in [0.2, 0.25) is 0 Å². The van der Waals surface area contributed by atoms with Crippen molar-refractivity contribution >= 4 is 0 Å². The van der Waals surface area contributed by atoms with Gasteiger partial charge in [-0.2, -0.15) is 0 Å². The fraction of sp³-hybridized carbons (Fsp3) is 0.357. The minimum atomic E-state index is 0.903. The number of benzene rings is 1. The lowest BCUT2D eigenvalue weighted by Crippen LogP contribution is -2.07. The lowest BCUT2D eigenvalue weighted by molar-refractivity contribution is 0.729. The molecule has 0 unspecified atom stereocenters. The number of nitrogens with one attached hydrogen (secondary N) is 1. The molecule has 3 heteroatoms. The van der Waals surface area contributed by atoms with E-state index in [2.05, 4.69) is 46.1 Å². The van der Waals surface area contributed by atoms with E-state index in [-0.39, 0.29) is 0 Å². The Morgan fingerprint density at radius 1 is 1.29 bits per heavy atom. The summed E-state index contributed by atoms with van der Waals surface area (Å²) in [6.07, 6.45) is 4.89. The number of hydrogen-bond acceptors (Lipinski definition) is 2. The Hall–Kier alpha value is -1.61. The minimum absolute atomic E-state index is 0.903. The second kappa shape index (κ2) is 5.64. The van der Waals surface area contributed by atoms with Crippen molar-refractivity contribution in [3.8, 4) is 0 Å². The van der Waals surface area contributed by atoms with Crippen molar-refractivity contribution in [3.05, 3.63) is 53.6 Å². The lowest BCUT2D eigenvalue weighted by atomic mass is 10.1. The third-order valence-electron chi connectivity index (χ3n) is 2.84. The molecule has 2 aromatic rings. The molecule has 0 aliphatic rings. The fourth-order valence-corrected chi connectivity index (χ4v) is 2.04. The largest absolute Gasteiger partial charge is 0.331 e. The van der Waals surface area contributed by atoms with Gasteiger partial charge in [-0.1, -0.05) is 31.2 Å². The molecular formula is C14H19N3. The van der Waals surface area contributed by atoms with Crippen molar-refractivity contribution in [2.75, 3.05) is 7.05 Å². The molecule has 0 aliphatic heterocycles. The SMILES string of the molecule is CCc1nccn1Cc1cccc(CNC)c1. The average molecular weight is 229 g/mol. The van der Waals surface area contributed by atoms with E-state index in [0.717, 1.165) is 25.3 Å². The lowest BCUT2D eigenvalue weighted by Gasteiger charge is -2.08. The van der Waals surface area contributed by atoms with Gasteiger partial charge in [-0.3, -0.25) is 0 Å². The van der Waals surface area contributed by atoms with Gasteiger partial charge >= 0.3 is 0 Å². The molecule has 2 rings (SSSR count). The minimum Gasteiger partial charge on any atom is -0.331 e. The first-order chi connectivity index (χ1) is 8.33. The standard InChI is InChI=1S/C14H19N3/c1-3-14-16-7-8-17(14)11-13-6-4-5-12(9-13)10-15-2/h4-9,15H,3,10-11H2,1-2H3. The molecule has 0 saturated carbocycles. The Balaban J connectivity index is 2.15. The van der Waals surface area contributed by atoms with Crippen LogP contribution in [0.3, 0.4) is 0 Å². The van der Waals surface area contributed by atoms with Gasteiger partial charge < -0.3 is 9.88 Å². The summed E-state index contributed by atoms with van der Waals surface area (Å²) >= 11 is 0. The van der Waals surface area contributed by atoms with Crippen LogP contribution >= 0.6 is 0 Å². The van der Waals surface area contributed by atoms with Crippen molar-refractivity contribution in [3.63, 3.8) is 0 Å². The monoisotopic (exact) mass is 229 g/mol. The molecule has 0 saturated heterocycles. The summed E-state index contributed by atoms with van der Waals surface area (Å²) < 4.78 is 2.21. The number of nitrogens with zero attached hydrogens (tertiary/aromatic N) is 2. The second-order valence-corrected chi connectivity index (χ2v) is 4.18. The van der Waals surface area contributed by atoms with Crippen molar-refractivity contribution in [2.45, 2.75) is 26.4 Å². The highest BCUT2D eigenvalue weighted by Crippen LogP contribution is 2.09. The molecule has 0 atom stereocenters. The maximum atomic E-state index is 4.34. The highest BCUT2D eigenvalue weighted by molar-refractivity contribution is 5.24. The molecule has 3 nitrogen and oxygen atoms in total. The maximum absolute atomic E-state index is 4.34. The molecule has 0 aliphatic carbocycles. The van der Waals surface area contributed by atoms with Crippen LogP contribution in [0.1, 0.15) is 23.9 Å². The Bertz CT molecular complexity index is 474. The average Bonchev–Trinajstić information content (AvgIpc) is 2.77. The zero-order valence-corrected chi connectivity index (χ0v) is 10.5. The van der Waals surface area contributed by atoms with Gasteiger partial charge in [0, 0.05) is 31.9 Å². The molecule has 0 spiro atoms. The number of hydrogen-bond donors (Lipinski definition) is 1. The first-order valence-corrected chi connectivity index (χ1v) is 6.06. The van der Waals surface area contributed by atoms with E-state index >= 15 is 0 Å². The van der Waals surface area contributed by atoms with Gasteiger partial charge in [-0.25, -0.2) is 4.98 Å². The molecule has 0 amide bonds. The molecule has 17 heavy (non-hydrogen) atoms. The van der Waals surface area contributed by atoms with E-state index < -0.39 is 0 Å². The maximum Gasteiger partial charge on any atom is 0.108 e. The topological polar surface area (TPSA) is 29.9 Å². The predicted octanol–water partition coefficient (Wildman–Crippen LogP) is 2.21. The molecule has 0 bridgehead atoms. The van der Waals surface area contributed by atoms with Crippen LogP contribution in [0.25, 0.3) is 0 Å². The van der Waals surface area contributed by atoms with E-state index in [9.17, 15) is 0 Å². The Kier molecular flexibility index (Phi) is 3.94. The Morgan fingerprint density at radius 3 is 2.88 bits per heavy atom. The summed E-state index contributed by atoms with van der Waals surface area (Å²) in [5.74, 6) is 1.14. The van der Waals surface area contributed by atoms with Crippen LogP contribution in [0.5, 0.6) is 0 Å². The summed E-state index contributed by atoms with van der Waals surface area (Å²) in [7, 11) is 1.97. The summed E-state index contributed by atoms with van der Waals surface area (Å²) in [6.45, 7) is 3.95. The summed E-state index contributed by atoms with van der Waals surface area (Å²) in [5, 5.41) is 3.17. The molecule has 0 radical (unpaired) electrons. The van der Waals surface area contributed by atoms with E-state index in [1.165, 1.54) is 11.1 Å². The number of rotatable bonds is 5. The van der Waals surface area contributed by atoms with Crippen molar-refractivity contribution in [1.82, 2.24) is 14.9 Å². The number of aryl methyl sites for hydroxylation is 1. The van der Waals surface area contributed by atoms with Gasteiger partial charge in [0.05, 0.1) is 0 Å². The Labute approximate surface area is 103 Å². The van der Waals surface area contributed by atoms with Crippen LogP contribution in [0.15, 0.2) is 36.7 Å². The molecule has 0 fully saturated rings. The van der Waals surface area contributed by atoms with E-state index in [1.807, 2.05) is 19.4 Å². The normalized spacial score (nSPS) is 10.7. The highest BCUT2D eigenvalue weighted by atomic mass is 15.1. The second-order valence-electron chi connectivity index (χ2n) is 4.18. The Morgan fingerprint density at radius 2 is 2.12 bits per heavy atom. The zero-order valence-electron chi connectivity index (χ0n) is 10.5. The van der Waals surface area contributed by atoms with Gasteiger partial charge in [0.25, 0.3) is 0 Å². The van der Waals surface area contributed by atoms with Gasteiger partial charge in [0.2, 0.25) is 0 Å². The van der Waals surface area contributed by atoms with Gasteiger partial charge in [-0.05, 0) is 18.2 Å².